The van der Waals surface area contributed by atoms with Crippen LogP contribution in [0.2, 0.25) is 0 Å². The van der Waals surface area contributed by atoms with Gasteiger partial charge in [0.15, 0.2) is 11.2 Å². The molecule has 0 radical (unpaired) electrons. The van der Waals surface area contributed by atoms with Gasteiger partial charge in [0.1, 0.15) is 11.4 Å². The van der Waals surface area contributed by atoms with Gasteiger partial charge in [0.05, 0.1) is 19.2 Å². The lowest BCUT2D eigenvalue weighted by Crippen LogP contribution is -2.66. The second-order valence-corrected chi connectivity index (χ2v) is 22.4. The zero-order chi connectivity index (χ0) is 40.5. The summed E-state index contributed by atoms with van der Waals surface area (Å²) in [6, 6.07) is 0. The van der Waals surface area contributed by atoms with Crippen molar-refractivity contribution in [3.8, 4) is 0 Å². The molecular formula is C47H84N4O5. The van der Waals surface area contributed by atoms with Crippen LogP contribution in [0.25, 0.3) is 0 Å². The first kappa shape index (κ1) is 44.3. The summed E-state index contributed by atoms with van der Waals surface area (Å²) in [5.41, 5.74) is -4.58. The third kappa shape index (κ3) is 10.0. The van der Waals surface area contributed by atoms with E-state index in [0.717, 1.165) is 77.0 Å². The monoisotopic (exact) mass is 785 g/mol. The highest BCUT2D eigenvalue weighted by Gasteiger charge is 2.66. The number of rotatable bonds is 4. The highest BCUT2D eigenvalue weighted by molar-refractivity contribution is 5.89. The first-order valence-electron chi connectivity index (χ1n) is 23.6. The molecule has 2 amide bonds. The summed E-state index contributed by atoms with van der Waals surface area (Å²) in [7, 11) is 0. The van der Waals surface area contributed by atoms with Crippen LogP contribution in [0.15, 0.2) is 0 Å². The fourth-order valence-electron chi connectivity index (χ4n) is 13.3. The second kappa shape index (κ2) is 17.0. The van der Waals surface area contributed by atoms with Gasteiger partial charge in [0.25, 0.3) is 11.8 Å². The van der Waals surface area contributed by atoms with Gasteiger partial charge in [-0.3, -0.25) is 9.59 Å². The molecule has 4 heterocycles. The van der Waals surface area contributed by atoms with Gasteiger partial charge in [-0.2, -0.15) is 0 Å². The lowest BCUT2D eigenvalue weighted by atomic mass is 9.72. The van der Waals surface area contributed by atoms with E-state index in [-0.39, 0.29) is 47.1 Å². The first-order valence-corrected chi connectivity index (χ1v) is 23.6. The minimum absolute atomic E-state index is 0.0364. The Balaban J connectivity index is 1.34. The van der Waals surface area contributed by atoms with Crippen molar-refractivity contribution < 1.29 is 24.2 Å². The molecule has 56 heavy (non-hydrogen) atoms. The van der Waals surface area contributed by atoms with Gasteiger partial charge < -0.3 is 35.0 Å². The maximum Gasteiger partial charge on any atom is 0.257 e. The third-order valence-electron chi connectivity index (χ3n) is 14.3. The van der Waals surface area contributed by atoms with Crippen molar-refractivity contribution in [3.63, 3.8) is 0 Å². The Morgan fingerprint density at radius 3 is 0.946 bits per heavy atom. The number of β-amino-alcohol motifs (C(OH)–C–C–N with tert-alkyl or cyclic N) is 1. The summed E-state index contributed by atoms with van der Waals surface area (Å²) >= 11 is 0. The van der Waals surface area contributed by atoms with E-state index in [0.29, 0.717) is 25.7 Å². The standard InChI is InChI=1S/C47H84N4O5/c1-40(2)33-44(34-41(3,4)48-40)38(53)50(46(55-44)27-23-19-15-11-9-12-16-20-24-28-46)31-37(52)32-51-39(54)45(35-42(5,6)49-43(7,8)36-45)56-47(51)29-25-21-17-13-10-14-18-22-26-30-47/h37,48-49,52H,9-36H2,1-8H3. The number of aliphatic hydroxyl groups excluding tert-OH is 1. The van der Waals surface area contributed by atoms with E-state index in [1.54, 1.807) is 0 Å². The highest BCUT2D eigenvalue weighted by atomic mass is 16.6. The van der Waals surface area contributed by atoms with Gasteiger partial charge in [0.2, 0.25) is 0 Å². The van der Waals surface area contributed by atoms with Gasteiger partial charge in [-0.25, -0.2) is 0 Å². The Hall–Kier alpha value is -1.26. The van der Waals surface area contributed by atoms with Crippen LogP contribution in [0.3, 0.4) is 0 Å². The molecule has 6 fully saturated rings. The second-order valence-electron chi connectivity index (χ2n) is 22.4. The average molecular weight is 785 g/mol. The van der Waals surface area contributed by atoms with Crippen molar-refractivity contribution in [3.05, 3.63) is 0 Å². The fourth-order valence-corrected chi connectivity index (χ4v) is 13.3. The molecule has 6 aliphatic rings. The smallest absolute Gasteiger partial charge is 0.257 e. The molecule has 0 aromatic heterocycles. The van der Waals surface area contributed by atoms with Crippen molar-refractivity contribution >= 4 is 11.8 Å². The number of hydrogen-bond acceptors (Lipinski definition) is 7. The molecule has 4 saturated heterocycles. The quantitative estimate of drug-likeness (QED) is 0.261. The molecule has 4 spiro atoms. The molecule has 4 aliphatic heterocycles. The lowest BCUT2D eigenvalue weighted by molar-refractivity contribution is -0.184. The van der Waals surface area contributed by atoms with E-state index >= 15 is 9.59 Å². The summed E-state index contributed by atoms with van der Waals surface area (Å²) in [6.45, 7) is 17.9. The van der Waals surface area contributed by atoms with Crippen molar-refractivity contribution in [2.75, 3.05) is 13.1 Å². The number of piperidine rings is 2. The first-order chi connectivity index (χ1) is 26.3. The van der Waals surface area contributed by atoms with Gasteiger partial charge in [-0.05, 0) is 107 Å². The van der Waals surface area contributed by atoms with E-state index in [1.165, 1.54) is 64.2 Å². The molecular weight excluding hydrogens is 701 g/mol. The third-order valence-corrected chi connectivity index (χ3v) is 14.3. The lowest BCUT2D eigenvalue weighted by Gasteiger charge is -2.50. The molecule has 6 rings (SSSR count). The maximum atomic E-state index is 15.3. The van der Waals surface area contributed by atoms with Crippen LogP contribution in [0, 0.1) is 0 Å². The fraction of sp³-hybridized carbons (Fsp3) is 0.957. The Morgan fingerprint density at radius 1 is 0.464 bits per heavy atom. The highest BCUT2D eigenvalue weighted by Crippen LogP contribution is 2.53. The van der Waals surface area contributed by atoms with Crippen molar-refractivity contribution in [2.24, 2.45) is 0 Å². The molecule has 0 unspecified atom stereocenters. The van der Waals surface area contributed by atoms with Gasteiger partial charge in [-0.1, -0.05) is 89.9 Å². The number of carbonyl (C=O) groups excluding carboxylic acids is 2. The Kier molecular flexibility index (Phi) is 13.5. The van der Waals surface area contributed by atoms with Crippen LogP contribution in [0.1, 0.15) is 222 Å². The molecule has 0 aromatic carbocycles. The van der Waals surface area contributed by atoms with E-state index in [4.69, 9.17) is 9.47 Å². The van der Waals surface area contributed by atoms with Crippen molar-refractivity contribution in [1.29, 1.82) is 0 Å². The SMILES string of the molecule is CC1(C)CC2(CC(C)(C)N1)OC1(CCCCCCCCCCC1)N(CC(O)CN1C(=O)C3(CC(C)(C)NC(C)(C)C3)OC13CCCCCCCCCCC3)C2=O. The number of carbonyl (C=O) groups is 2. The normalized spacial score (nSPS) is 30.6. The molecule has 9 nitrogen and oxygen atoms in total. The number of amides is 2. The van der Waals surface area contributed by atoms with Gasteiger partial charge in [0, 0.05) is 47.8 Å². The van der Waals surface area contributed by atoms with Crippen LogP contribution in [0.5, 0.6) is 0 Å². The van der Waals surface area contributed by atoms with Crippen LogP contribution in [-0.2, 0) is 19.1 Å². The Morgan fingerprint density at radius 2 is 0.696 bits per heavy atom. The number of ether oxygens (including phenoxy) is 2. The summed E-state index contributed by atoms with van der Waals surface area (Å²) in [4.78, 5) is 34.6. The summed E-state index contributed by atoms with van der Waals surface area (Å²) in [5.74, 6) is 0.0728. The van der Waals surface area contributed by atoms with Crippen LogP contribution in [0.4, 0.5) is 0 Å². The predicted octanol–water partition coefficient (Wildman–Crippen LogP) is 9.43. The van der Waals surface area contributed by atoms with Crippen LogP contribution in [-0.4, -0.2) is 90.7 Å². The van der Waals surface area contributed by atoms with E-state index in [2.05, 4.69) is 66.0 Å². The number of hydrogen-bond donors (Lipinski definition) is 3. The minimum Gasteiger partial charge on any atom is -0.389 e. The number of nitrogens with zero attached hydrogens (tertiary/aromatic N) is 2. The molecule has 2 aliphatic carbocycles. The van der Waals surface area contributed by atoms with Crippen molar-refractivity contribution in [1.82, 2.24) is 20.4 Å². The molecule has 0 aromatic rings. The molecule has 2 saturated carbocycles. The summed E-state index contributed by atoms with van der Waals surface area (Å²) in [5, 5.41) is 20.1. The minimum atomic E-state index is -0.952. The van der Waals surface area contributed by atoms with E-state index in [9.17, 15) is 5.11 Å². The molecule has 9 heteroatoms. The molecule has 0 bridgehead atoms. The molecule has 322 valence electrons. The number of aliphatic hydroxyl groups is 1. The largest absolute Gasteiger partial charge is 0.389 e. The maximum absolute atomic E-state index is 15.3. The van der Waals surface area contributed by atoms with Crippen molar-refractivity contribution in [2.45, 2.75) is 273 Å². The van der Waals surface area contributed by atoms with E-state index in [1.807, 2.05) is 9.80 Å². The summed E-state index contributed by atoms with van der Waals surface area (Å²) < 4.78 is 14.9. The average Bonchev–Trinajstić information content (AvgIpc) is 3.37. The Bertz CT molecular complexity index is 1200. The number of nitrogens with one attached hydrogen (secondary N) is 2. The van der Waals surface area contributed by atoms with Gasteiger partial charge in [-0.15, -0.1) is 0 Å². The van der Waals surface area contributed by atoms with E-state index < -0.39 is 28.8 Å². The van der Waals surface area contributed by atoms with Crippen LogP contribution >= 0.6 is 0 Å². The molecule has 0 atom stereocenters. The molecule has 3 N–H and O–H groups in total. The zero-order valence-electron chi connectivity index (χ0n) is 37.4. The van der Waals surface area contributed by atoms with Crippen LogP contribution < -0.4 is 10.6 Å². The predicted molar refractivity (Wildman–Crippen MR) is 225 cm³/mol. The summed E-state index contributed by atoms with van der Waals surface area (Å²) in [6.07, 6.45) is 25.7. The Labute approximate surface area is 341 Å². The zero-order valence-corrected chi connectivity index (χ0v) is 37.4. The van der Waals surface area contributed by atoms with Gasteiger partial charge >= 0.3 is 0 Å². The topological polar surface area (TPSA) is 103 Å².